The van der Waals surface area contributed by atoms with E-state index >= 15 is 0 Å². The van der Waals surface area contributed by atoms with Crippen molar-refractivity contribution >= 4 is 16.8 Å². The van der Waals surface area contributed by atoms with Crippen molar-refractivity contribution < 1.29 is 4.79 Å². The highest BCUT2D eigenvalue weighted by Crippen LogP contribution is 2.46. The number of fused-ring (bicyclic) bond motifs is 2. The lowest BCUT2D eigenvalue weighted by molar-refractivity contribution is 0.0433. The van der Waals surface area contributed by atoms with Gasteiger partial charge in [0.25, 0.3) is 5.91 Å². The van der Waals surface area contributed by atoms with Gasteiger partial charge in [0, 0.05) is 35.6 Å². The van der Waals surface area contributed by atoms with Gasteiger partial charge in [-0.25, -0.2) is 0 Å². The molecule has 142 valence electrons. The first kappa shape index (κ1) is 17.3. The van der Waals surface area contributed by atoms with E-state index in [1.165, 1.54) is 11.1 Å². The minimum absolute atomic E-state index is 0.161. The summed E-state index contributed by atoms with van der Waals surface area (Å²) < 4.78 is 0. The van der Waals surface area contributed by atoms with Gasteiger partial charge in [-0.05, 0) is 43.2 Å². The fraction of sp³-hybridized carbons (Fsp3) is 0.320. The summed E-state index contributed by atoms with van der Waals surface area (Å²) in [5.41, 5.74) is 4.53. The predicted molar refractivity (Wildman–Crippen MR) is 113 cm³/mol. The third-order valence-electron chi connectivity index (χ3n) is 6.71. The SMILES string of the molecule is C=C1CCC[C@@H]2[C@@H]1[C@H](c1ccccc1)CCN2C(=O)c1c[nH]c2ccccc12. The van der Waals surface area contributed by atoms with E-state index in [0.717, 1.165) is 48.7 Å². The fourth-order valence-corrected chi connectivity index (χ4v) is 5.41. The standard InChI is InChI=1S/C25H26N2O/c1-17-8-7-13-23-24(17)19(18-9-3-2-4-10-18)14-15-27(23)25(28)21-16-26-22-12-6-5-11-20(21)22/h2-6,9-12,16,19,23-24,26H,1,7-8,13-15H2/t19-,23+,24-/m0/s1. The molecule has 1 saturated heterocycles. The maximum absolute atomic E-state index is 13.6. The predicted octanol–water partition coefficient (Wildman–Crippen LogP) is 5.52. The Morgan fingerprint density at radius 2 is 1.82 bits per heavy atom. The smallest absolute Gasteiger partial charge is 0.256 e. The van der Waals surface area contributed by atoms with E-state index in [-0.39, 0.29) is 11.9 Å². The number of piperidine rings is 1. The normalized spacial score (nSPS) is 24.9. The van der Waals surface area contributed by atoms with E-state index in [1.54, 1.807) is 0 Å². The average Bonchev–Trinajstić information content (AvgIpc) is 3.17. The molecule has 1 aliphatic carbocycles. The van der Waals surface area contributed by atoms with Gasteiger partial charge < -0.3 is 9.88 Å². The Morgan fingerprint density at radius 3 is 2.68 bits per heavy atom. The van der Waals surface area contributed by atoms with Gasteiger partial charge in [0.1, 0.15) is 0 Å². The van der Waals surface area contributed by atoms with Crippen LogP contribution in [0.1, 0.15) is 47.5 Å². The second-order valence-electron chi connectivity index (χ2n) is 8.20. The number of aromatic amines is 1. The number of carbonyl (C=O) groups excluding carboxylic acids is 1. The first-order chi connectivity index (χ1) is 13.7. The molecule has 0 bridgehead atoms. The summed E-state index contributed by atoms with van der Waals surface area (Å²) in [5, 5.41) is 1.02. The van der Waals surface area contributed by atoms with Crippen molar-refractivity contribution in [2.75, 3.05) is 6.54 Å². The quantitative estimate of drug-likeness (QED) is 0.592. The first-order valence-corrected chi connectivity index (χ1v) is 10.3. The zero-order valence-corrected chi connectivity index (χ0v) is 16.1. The second kappa shape index (κ2) is 6.97. The molecule has 3 aromatic rings. The number of rotatable bonds is 2. The van der Waals surface area contributed by atoms with Gasteiger partial charge in [0.2, 0.25) is 0 Å². The lowest BCUT2D eigenvalue weighted by atomic mass is 9.67. The second-order valence-corrected chi connectivity index (χ2v) is 8.20. The molecule has 3 heteroatoms. The van der Waals surface area contributed by atoms with Gasteiger partial charge in [-0.2, -0.15) is 0 Å². The van der Waals surface area contributed by atoms with Crippen LogP contribution in [0.15, 0.2) is 72.9 Å². The van der Waals surface area contributed by atoms with Gasteiger partial charge in [0.05, 0.1) is 5.56 Å². The molecule has 2 aliphatic rings. The molecule has 0 spiro atoms. The number of nitrogens with one attached hydrogen (secondary N) is 1. The van der Waals surface area contributed by atoms with E-state index < -0.39 is 0 Å². The van der Waals surface area contributed by atoms with Crippen molar-refractivity contribution in [3.63, 3.8) is 0 Å². The summed E-state index contributed by atoms with van der Waals surface area (Å²) >= 11 is 0. The molecule has 0 radical (unpaired) electrons. The van der Waals surface area contributed by atoms with Crippen LogP contribution >= 0.6 is 0 Å². The third-order valence-corrected chi connectivity index (χ3v) is 6.71. The van der Waals surface area contributed by atoms with Gasteiger partial charge in [-0.1, -0.05) is 60.7 Å². The number of aromatic nitrogens is 1. The molecule has 2 heterocycles. The zero-order valence-electron chi connectivity index (χ0n) is 16.1. The minimum Gasteiger partial charge on any atom is -0.360 e. The molecule has 3 nitrogen and oxygen atoms in total. The van der Waals surface area contributed by atoms with Crippen molar-refractivity contribution in [3.8, 4) is 0 Å². The summed E-state index contributed by atoms with van der Waals surface area (Å²) in [6.07, 6.45) is 6.15. The fourth-order valence-electron chi connectivity index (χ4n) is 5.41. The van der Waals surface area contributed by atoms with Crippen molar-refractivity contribution in [1.82, 2.24) is 9.88 Å². The van der Waals surface area contributed by atoms with Crippen molar-refractivity contribution in [3.05, 3.63) is 84.1 Å². The van der Waals surface area contributed by atoms with Crippen molar-refractivity contribution in [1.29, 1.82) is 0 Å². The van der Waals surface area contributed by atoms with E-state index in [9.17, 15) is 4.79 Å². The van der Waals surface area contributed by atoms with Crippen LogP contribution in [0.5, 0.6) is 0 Å². The summed E-state index contributed by atoms with van der Waals surface area (Å²) in [4.78, 5) is 19.0. The maximum Gasteiger partial charge on any atom is 0.256 e. The molecule has 1 saturated carbocycles. The average molecular weight is 370 g/mol. The van der Waals surface area contributed by atoms with Gasteiger partial charge in [0.15, 0.2) is 0 Å². The monoisotopic (exact) mass is 370 g/mol. The molecular weight excluding hydrogens is 344 g/mol. The Hall–Kier alpha value is -2.81. The molecular formula is C25H26N2O. The lowest BCUT2D eigenvalue weighted by Gasteiger charge is -2.49. The zero-order chi connectivity index (χ0) is 19.1. The molecule has 28 heavy (non-hydrogen) atoms. The Labute approximate surface area is 166 Å². The lowest BCUT2D eigenvalue weighted by Crippen LogP contribution is -2.52. The number of likely N-dealkylation sites (tertiary alicyclic amines) is 1. The Balaban J connectivity index is 1.50. The first-order valence-electron chi connectivity index (χ1n) is 10.3. The van der Waals surface area contributed by atoms with Crippen LogP contribution in [-0.2, 0) is 0 Å². The highest BCUT2D eigenvalue weighted by Gasteiger charge is 2.43. The van der Waals surface area contributed by atoms with Crippen molar-refractivity contribution in [2.45, 2.75) is 37.6 Å². The summed E-state index contributed by atoms with van der Waals surface area (Å²) in [7, 11) is 0. The summed E-state index contributed by atoms with van der Waals surface area (Å²) in [5.74, 6) is 0.985. The molecule has 0 unspecified atom stereocenters. The Morgan fingerprint density at radius 1 is 1.04 bits per heavy atom. The third kappa shape index (κ3) is 2.77. The van der Waals surface area contributed by atoms with E-state index in [0.29, 0.717) is 11.8 Å². The van der Waals surface area contributed by atoms with Crippen molar-refractivity contribution in [2.24, 2.45) is 5.92 Å². The van der Waals surface area contributed by atoms with E-state index in [4.69, 9.17) is 0 Å². The number of benzene rings is 2. The molecule has 1 aliphatic heterocycles. The van der Waals surface area contributed by atoms with Gasteiger partial charge >= 0.3 is 0 Å². The largest absolute Gasteiger partial charge is 0.360 e. The van der Waals surface area contributed by atoms with Crippen LogP contribution in [0.25, 0.3) is 10.9 Å². The number of H-pyrrole nitrogens is 1. The minimum atomic E-state index is 0.161. The number of amides is 1. The molecule has 1 aromatic heterocycles. The molecule has 1 amide bonds. The van der Waals surface area contributed by atoms with E-state index in [1.807, 2.05) is 30.5 Å². The topological polar surface area (TPSA) is 36.1 Å². The summed E-state index contributed by atoms with van der Waals surface area (Å²) in [6.45, 7) is 5.25. The van der Waals surface area contributed by atoms with Crippen LogP contribution in [-0.4, -0.2) is 28.4 Å². The van der Waals surface area contributed by atoms with Crippen LogP contribution in [0.4, 0.5) is 0 Å². The van der Waals surface area contributed by atoms with E-state index in [2.05, 4.69) is 46.8 Å². The highest BCUT2D eigenvalue weighted by atomic mass is 16.2. The Bertz CT molecular complexity index is 1020. The molecule has 3 atom stereocenters. The van der Waals surface area contributed by atoms with Gasteiger partial charge in [-0.3, -0.25) is 4.79 Å². The van der Waals surface area contributed by atoms with Crippen LogP contribution < -0.4 is 0 Å². The number of hydrogen-bond donors (Lipinski definition) is 1. The number of para-hydroxylation sites is 1. The molecule has 1 N–H and O–H groups in total. The Kier molecular flexibility index (Phi) is 4.31. The van der Waals surface area contributed by atoms with Crippen LogP contribution in [0.2, 0.25) is 0 Å². The van der Waals surface area contributed by atoms with Crippen LogP contribution in [0.3, 0.4) is 0 Å². The molecule has 2 aromatic carbocycles. The summed E-state index contributed by atoms with van der Waals surface area (Å²) in [6, 6.07) is 19.1. The highest BCUT2D eigenvalue weighted by molar-refractivity contribution is 6.06. The number of carbonyl (C=O) groups is 1. The van der Waals surface area contributed by atoms with Gasteiger partial charge in [-0.15, -0.1) is 0 Å². The molecule has 2 fully saturated rings. The number of nitrogens with zero attached hydrogens (tertiary/aromatic N) is 1. The molecule has 5 rings (SSSR count). The maximum atomic E-state index is 13.6. The van der Waals surface area contributed by atoms with Crippen LogP contribution in [0, 0.1) is 5.92 Å². The number of hydrogen-bond acceptors (Lipinski definition) is 1.